The van der Waals surface area contributed by atoms with E-state index >= 15 is 0 Å². The van der Waals surface area contributed by atoms with E-state index in [1.54, 1.807) is 22.9 Å². The fourth-order valence-electron chi connectivity index (χ4n) is 3.04. The Kier molecular flexibility index (Phi) is 3.55. The van der Waals surface area contributed by atoms with Gasteiger partial charge in [-0.15, -0.1) is 0 Å². The predicted molar refractivity (Wildman–Crippen MR) is 86.2 cm³/mol. The molecule has 6 nitrogen and oxygen atoms in total. The summed E-state index contributed by atoms with van der Waals surface area (Å²) in [5, 5.41) is 15.9. The van der Waals surface area contributed by atoms with Gasteiger partial charge in [0.05, 0.1) is 21.9 Å². The van der Waals surface area contributed by atoms with Crippen molar-refractivity contribution in [1.29, 1.82) is 0 Å². The van der Waals surface area contributed by atoms with Crippen LogP contribution in [0.5, 0.6) is 0 Å². The highest BCUT2D eigenvalue weighted by atomic mass is 16.6. The molecule has 1 aromatic heterocycles. The van der Waals surface area contributed by atoms with E-state index in [4.69, 9.17) is 0 Å². The van der Waals surface area contributed by atoms with E-state index in [0.717, 1.165) is 17.8 Å². The number of nitrogens with zero attached hydrogens (tertiary/aromatic N) is 3. The summed E-state index contributed by atoms with van der Waals surface area (Å²) in [6.45, 7) is 6.00. The predicted octanol–water partition coefficient (Wildman–Crippen LogP) is 3.60. The van der Waals surface area contributed by atoms with Crippen LogP contribution in [0.4, 0.5) is 5.69 Å². The van der Waals surface area contributed by atoms with Crippen LogP contribution >= 0.6 is 0 Å². The molecule has 0 fully saturated rings. The molecule has 0 N–H and O–H groups in total. The van der Waals surface area contributed by atoms with E-state index in [2.05, 4.69) is 5.10 Å². The van der Waals surface area contributed by atoms with Gasteiger partial charge < -0.3 is 0 Å². The zero-order valence-corrected chi connectivity index (χ0v) is 13.5. The summed E-state index contributed by atoms with van der Waals surface area (Å²) in [5.41, 5.74) is 2.28. The van der Waals surface area contributed by atoms with Gasteiger partial charge >= 0.3 is 0 Å². The Labute approximate surface area is 134 Å². The molecule has 3 rings (SSSR count). The zero-order valence-electron chi connectivity index (χ0n) is 13.5. The molecule has 1 aromatic carbocycles. The van der Waals surface area contributed by atoms with Gasteiger partial charge in [0.15, 0.2) is 5.78 Å². The van der Waals surface area contributed by atoms with Gasteiger partial charge in [-0.1, -0.05) is 32.9 Å². The number of nitro groups is 1. The van der Waals surface area contributed by atoms with Gasteiger partial charge in [0, 0.05) is 17.9 Å². The lowest BCUT2D eigenvalue weighted by Gasteiger charge is -2.18. The van der Waals surface area contributed by atoms with Crippen molar-refractivity contribution in [1.82, 2.24) is 9.78 Å². The van der Waals surface area contributed by atoms with Gasteiger partial charge in [-0.05, 0) is 18.9 Å². The Morgan fingerprint density at radius 2 is 1.91 bits per heavy atom. The van der Waals surface area contributed by atoms with Crippen molar-refractivity contribution in [3.05, 3.63) is 51.3 Å². The van der Waals surface area contributed by atoms with Gasteiger partial charge in [0.25, 0.3) is 5.69 Å². The molecule has 23 heavy (non-hydrogen) atoms. The summed E-state index contributed by atoms with van der Waals surface area (Å²) in [5.74, 6) is 0.0843. The van der Waals surface area contributed by atoms with Crippen LogP contribution in [0.1, 0.15) is 55.4 Å². The molecule has 0 bridgehead atoms. The van der Waals surface area contributed by atoms with Gasteiger partial charge in [-0.2, -0.15) is 5.10 Å². The normalized spacial score (nSPS) is 14.7. The fourth-order valence-corrected chi connectivity index (χ4v) is 3.04. The number of ketones is 1. The first-order valence-corrected chi connectivity index (χ1v) is 7.70. The first kappa shape index (κ1) is 15.4. The van der Waals surface area contributed by atoms with Crippen LogP contribution in [0.2, 0.25) is 0 Å². The quantitative estimate of drug-likeness (QED) is 0.627. The standard InChI is InChI=1S/C17H19N3O3/c1-17(2,3)16-15-13(9-6-10-14(15)21)19(18-16)11-7-4-5-8-12(11)20(22)23/h4-5,7-8H,6,9-10H2,1-3H3. The number of para-hydroxylation sites is 2. The molecule has 0 spiro atoms. The number of carbonyl (C=O) groups is 1. The number of Topliss-reactive ketones (excluding diaryl/α,β-unsaturated/α-hetero) is 1. The van der Waals surface area contributed by atoms with Crippen molar-refractivity contribution < 1.29 is 9.72 Å². The summed E-state index contributed by atoms with van der Waals surface area (Å²) in [6.07, 6.45) is 1.97. The Morgan fingerprint density at radius 1 is 1.22 bits per heavy atom. The summed E-state index contributed by atoms with van der Waals surface area (Å²) in [4.78, 5) is 23.3. The second-order valence-electron chi connectivity index (χ2n) is 6.85. The largest absolute Gasteiger partial charge is 0.294 e. The van der Waals surface area contributed by atoms with Crippen LogP contribution in [0.25, 0.3) is 5.69 Å². The number of nitro benzene ring substituents is 1. The van der Waals surface area contributed by atoms with Crippen LogP contribution in [0, 0.1) is 10.1 Å². The van der Waals surface area contributed by atoms with Crippen molar-refractivity contribution in [2.24, 2.45) is 0 Å². The topological polar surface area (TPSA) is 78.0 Å². The molecule has 0 atom stereocenters. The van der Waals surface area contributed by atoms with Crippen molar-refractivity contribution in [3.8, 4) is 5.69 Å². The lowest BCUT2D eigenvalue weighted by atomic mass is 9.84. The maximum atomic E-state index is 12.4. The summed E-state index contributed by atoms with van der Waals surface area (Å²) >= 11 is 0. The summed E-state index contributed by atoms with van der Waals surface area (Å²) in [6, 6.07) is 6.52. The first-order chi connectivity index (χ1) is 10.8. The van der Waals surface area contributed by atoms with Gasteiger partial charge in [0.1, 0.15) is 5.69 Å². The van der Waals surface area contributed by atoms with Gasteiger partial charge in [-0.3, -0.25) is 14.9 Å². The maximum Gasteiger partial charge on any atom is 0.294 e. The number of carbonyl (C=O) groups excluding carboxylic acids is 1. The Balaban J connectivity index is 2.30. The van der Waals surface area contributed by atoms with E-state index in [-0.39, 0.29) is 16.9 Å². The Morgan fingerprint density at radius 3 is 2.57 bits per heavy atom. The molecule has 0 aliphatic heterocycles. The molecule has 0 amide bonds. The van der Waals surface area contributed by atoms with Gasteiger partial charge in [0.2, 0.25) is 0 Å². The highest BCUT2D eigenvalue weighted by Crippen LogP contribution is 2.35. The lowest BCUT2D eigenvalue weighted by molar-refractivity contribution is -0.384. The molecule has 1 aliphatic rings. The van der Waals surface area contributed by atoms with Crippen molar-refractivity contribution in [3.63, 3.8) is 0 Å². The van der Waals surface area contributed by atoms with E-state index in [1.165, 1.54) is 6.07 Å². The molecule has 0 saturated carbocycles. The summed E-state index contributed by atoms with van der Waals surface area (Å²) < 4.78 is 1.60. The maximum absolute atomic E-state index is 12.4. The van der Waals surface area contributed by atoms with Gasteiger partial charge in [-0.25, -0.2) is 4.68 Å². The zero-order chi connectivity index (χ0) is 16.8. The molecule has 1 heterocycles. The molecule has 0 radical (unpaired) electrons. The molecule has 1 aliphatic carbocycles. The molecular weight excluding hydrogens is 294 g/mol. The number of hydrogen-bond acceptors (Lipinski definition) is 4. The van der Waals surface area contributed by atoms with E-state index in [1.807, 2.05) is 20.8 Å². The average Bonchev–Trinajstić information content (AvgIpc) is 2.88. The fraction of sp³-hybridized carbons (Fsp3) is 0.412. The molecular formula is C17H19N3O3. The molecule has 0 saturated heterocycles. The number of benzene rings is 1. The third-order valence-electron chi connectivity index (χ3n) is 4.09. The smallest absolute Gasteiger partial charge is 0.294 e. The minimum Gasteiger partial charge on any atom is -0.294 e. The lowest BCUT2D eigenvalue weighted by Crippen LogP contribution is -2.19. The molecule has 0 unspecified atom stereocenters. The SMILES string of the molecule is CC(C)(C)c1nn(-c2ccccc2[N+](=O)[O-])c2c1C(=O)CCC2. The van der Waals surface area contributed by atoms with E-state index < -0.39 is 4.92 Å². The molecule has 6 heteroatoms. The van der Waals surface area contributed by atoms with Crippen LogP contribution in [0.3, 0.4) is 0 Å². The summed E-state index contributed by atoms with van der Waals surface area (Å²) in [7, 11) is 0. The third-order valence-corrected chi connectivity index (χ3v) is 4.09. The van der Waals surface area contributed by atoms with Crippen molar-refractivity contribution >= 4 is 11.5 Å². The highest BCUT2D eigenvalue weighted by molar-refractivity contribution is 5.99. The molecule has 120 valence electrons. The number of aromatic nitrogens is 2. The monoisotopic (exact) mass is 313 g/mol. The van der Waals surface area contributed by atoms with Crippen LogP contribution in [0.15, 0.2) is 24.3 Å². The first-order valence-electron chi connectivity index (χ1n) is 7.70. The third kappa shape index (κ3) is 2.54. The average molecular weight is 313 g/mol. The number of fused-ring (bicyclic) bond motifs is 1. The van der Waals surface area contributed by atoms with Crippen molar-refractivity contribution in [2.45, 2.75) is 45.4 Å². The number of rotatable bonds is 2. The van der Waals surface area contributed by atoms with Crippen LogP contribution < -0.4 is 0 Å². The van der Waals surface area contributed by atoms with Crippen LogP contribution in [-0.4, -0.2) is 20.5 Å². The second kappa shape index (κ2) is 5.30. The second-order valence-corrected chi connectivity index (χ2v) is 6.85. The number of hydrogen-bond donors (Lipinski definition) is 0. The van der Waals surface area contributed by atoms with Crippen molar-refractivity contribution in [2.75, 3.05) is 0 Å². The minimum atomic E-state index is -0.412. The Hall–Kier alpha value is -2.50. The van der Waals surface area contributed by atoms with Crippen LogP contribution in [-0.2, 0) is 11.8 Å². The van der Waals surface area contributed by atoms with E-state index in [9.17, 15) is 14.9 Å². The highest BCUT2D eigenvalue weighted by Gasteiger charge is 2.34. The Bertz CT molecular complexity index is 800. The van der Waals surface area contributed by atoms with E-state index in [0.29, 0.717) is 24.1 Å². The molecule has 2 aromatic rings. The minimum absolute atomic E-state index is 0.00344.